The van der Waals surface area contributed by atoms with Gasteiger partial charge >= 0.3 is 0 Å². The normalized spacial score (nSPS) is 18.9. The van der Waals surface area contributed by atoms with Crippen molar-refractivity contribution < 1.29 is 9.53 Å². The Morgan fingerprint density at radius 3 is 2.54 bits per heavy atom. The SMILES string of the molecule is COc1ccc(/C(C)=N\N=C2\NC(=O)C(Cc3ccc(Cl)cc3)S2)cc1. The highest BCUT2D eigenvalue weighted by Crippen LogP contribution is 2.24. The molecule has 0 spiro atoms. The Hall–Kier alpha value is -2.31. The largest absolute Gasteiger partial charge is 0.497 e. The van der Waals surface area contributed by atoms with Crippen LogP contribution in [-0.2, 0) is 11.2 Å². The van der Waals surface area contributed by atoms with Crippen LogP contribution >= 0.6 is 23.4 Å². The van der Waals surface area contributed by atoms with E-state index in [1.807, 2.05) is 55.5 Å². The minimum Gasteiger partial charge on any atom is -0.497 e. The van der Waals surface area contributed by atoms with Crippen molar-refractivity contribution in [2.24, 2.45) is 10.2 Å². The molecule has 5 nitrogen and oxygen atoms in total. The Morgan fingerprint density at radius 1 is 1.19 bits per heavy atom. The van der Waals surface area contributed by atoms with Crippen molar-refractivity contribution in [3.8, 4) is 5.75 Å². The smallest absolute Gasteiger partial charge is 0.239 e. The summed E-state index contributed by atoms with van der Waals surface area (Å²) in [7, 11) is 1.63. The first-order valence-corrected chi connectivity index (χ1v) is 9.29. The number of thioether (sulfide) groups is 1. The van der Waals surface area contributed by atoms with Gasteiger partial charge in [-0.05, 0) is 60.9 Å². The lowest BCUT2D eigenvalue weighted by atomic mass is 10.1. The number of carbonyl (C=O) groups excluding carboxylic acids is 1. The zero-order chi connectivity index (χ0) is 18.5. The lowest BCUT2D eigenvalue weighted by Gasteiger charge is -2.05. The summed E-state index contributed by atoms with van der Waals surface area (Å²) < 4.78 is 5.14. The summed E-state index contributed by atoms with van der Waals surface area (Å²) >= 11 is 7.28. The maximum Gasteiger partial charge on any atom is 0.239 e. The predicted molar refractivity (Wildman–Crippen MR) is 107 cm³/mol. The van der Waals surface area contributed by atoms with E-state index in [9.17, 15) is 4.79 Å². The molecule has 1 aliphatic heterocycles. The van der Waals surface area contributed by atoms with Crippen LogP contribution in [-0.4, -0.2) is 29.1 Å². The van der Waals surface area contributed by atoms with Crippen LogP contribution in [0.5, 0.6) is 5.75 Å². The number of nitrogens with one attached hydrogen (secondary N) is 1. The maximum atomic E-state index is 12.1. The Kier molecular flexibility index (Phi) is 5.96. The summed E-state index contributed by atoms with van der Waals surface area (Å²) in [5.41, 5.74) is 2.76. The van der Waals surface area contributed by atoms with E-state index in [1.54, 1.807) is 7.11 Å². The highest BCUT2D eigenvalue weighted by molar-refractivity contribution is 8.15. The molecule has 0 aromatic heterocycles. The van der Waals surface area contributed by atoms with E-state index in [-0.39, 0.29) is 11.2 Å². The number of methoxy groups -OCH3 is 1. The summed E-state index contributed by atoms with van der Waals surface area (Å²) in [5, 5.41) is 12.2. The van der Waals surface area contributed by atoms with E-state index in [0.29, 0.717) is 16.6 Å². The van der Waals surface area contributed by atoms with Crippen LogP contribution < -0.4 is 10.1 Å². The van der Waals surface area contributed by atoms with E-state index < -0.39 is 0 Å². The molecule has 134 valence electrons. The molecule has 3 rings (SSSR count). The number of amides is 1. The van der Waals surface area contributed by atoms with Gasteiger partial charge in [-0.25, -0.2) is 0 Å². The molecule has 26 heavy (non-hydrogen) atoms. The molecule has 2 aromatic rings. The van der Waals surface area contributed by atoms with Crippen molar-refractivity contribution in [3.05, 3.63) is 64.7 Å². The maximum absolute atomic E-state index is 12.1. The lowest BCUT2D eigenvalue weighted by Crippen LogP contribution is -2.25. The van der Waals surface area contributed by atoms with Gasteiger partial charge in [-0.15, -0.1) is 5.10 Å². The number of carbonyl (C=O) groups is 1. The predicted octanol–water partition coefficient (Wildman–Crippen LogP) is 3.90. The van der Waals surface area contributed by atoms with Gasteiger partial charge in [-0.1, -0.05) is 35.5 Å². The molecule has 2 aromatic carbocycles. The first kappa shape index (κ1) is 18.5. The van der Waals surface area contributed by atoms with Gasteiger partial charge < -0.3 is 10.1 Å². The fraction of sp³-hybridized carbons (Fsp3) is 0.211. The number of amidine groups is 1. The third kappa shape index (κ3) is 4.65. The minimum absolute atomic E-state index is 0.0546. The van der Waals surface area contributed by atoms with Crippen LogP contribution in [0, 0.1) is 0 Å². The van der Waals surface area contributed by atoms with Gasteiger partial charge in [0.2, 0.25) is 5.91 Å². The molecule has 1 atom stereocenters. The van der Waals surface area contributed by atoms with Crippen molar-refractivity contribution in [1.82, 2.24) is 5.32 Å². The fourth-order valence-corrected chi connectivity index (χ4v) is 3.52. The van der Waals surface area contributed by atoms with E-state index >= 15 is 0 Å². The van der Waals surface area contributed by atoms with Crippen molar-refractivity contribution in [3.63, 3.8) is 0 Å². The van der Waals surface area contributed by atoms with E-state index in [1.165, 1.54) is 11.8 Å². The Bertz CT molecular complexity index is 848. The number of hydrogen-bond acceptors (Lipinski definition) is 5. The first-order chi connectivity index (χ1) is 12.5. The number of hydrogen-bond donors (Lipinski definition) is 1. The number of ether oxygens (including phenoxy) is 1. The van der Waals surface area contributed by atoms with Gasteiger partial charge in [0.15, 0.2) is 5.17 Å². The van der Waals surface area contributed by atoms with Crippen molar-refractivity contribution in [2.75, 3.05) is 7.11 Å². The summed E-state index contributed by atoms with van der Waals surface area (Å²) in [6.07, 6.45) is 0.619. The van der Waals surface area contributed by atoms with E-state index in [4.69, 9.17) is 16.3 Å². The fourth-order valence-electron chi connectivity index (χ4n) is 2.43. The average molecular weight is 388 g/mol. The monoisotopic (exact) mass is 387 g/mol. The van der Waals surface area contributed by atoms with Gasteiger partial charge in [-0.3, -0.25) is 4.79 Å². The van der Waals surface area contributed by atoms with Gasteiger partial charge in [-0.2, -0.15) is 5.10 Å². The highest BCUT2D eigenvalue weighted by atomic mass is 35.5. The molecule has 1 amide bonds. The molecular formula is C19H18ClN3O2S. The molecule has 7 heteroatoms. The van der Waals surface area contributed by atoms with E-state index in [0.717, 1.165) is 22.6 Å². The van der Waals surface area contributed by atoms with Crippen LogP contribution in [0.25, 0.3) is 0 Å². The highest BCUT2D eigenvalue weighted by Gasteiger charge is 2.30. The van der Waals surface area contributed by atoms with Crippen LogP contribution in [0.4, 0.5) is 0 Å². The van der Waals surface area contributed by atoms with Gasteiger partial charge in [0.25, 0.3) is 0 Å². The Balaban J connectivity index is 1.65. The summed E-state index contributed by atoms with van der Waals surface area (Å²) in [6, 6.07) is 15.1. The quantitative estimate of drug-likeness (QED) is 0.625. The molecule has 0 aliphatic carbocycles. The second-order valence-electron chi connectivity index (χ2n) is 5.75. The van der Waals surface area contributed by atoms with Crippen LogP contribution in [0.2, 0.25) is 5.02 Å². The number of nitrogens with zero attached hydrogens (tertiary/aromatic N) is 2. The Labute approximate surface area is 161 Å². The Morgan fingerprint density at radius 2 is 1.88 bits per heavy atom. The molecule has 1 N–H and O–H groups in total. The zero-order valence-electron chi connectivity index (χ0n) is 14.4. The zero-order valence-corrected chi connectivity index (χ0v) is 16.0. The second-order valence-corrected chi connectivity index (χ2v) is 7.37. The van der Waals surface area contributed by atoms with Crippen LogP contribution in [0.15, 0.2) is 58.7 Å². The third-order valence-electron chi connectivity index (χ3n) is 3.91. The van der Waals surface area contributed by atoms with Gasteiger partial charge in [0.05, 0.1) is 18.1 Å². The van der Waals surface area contributed by atoms with Crippen molar-refractivity contribution in [1.29, 1.82) is 0 Å². The summed E-state index contributed by atoms with van der Waals surface area (Å²) in [6.45, 7) is 1.87. The van der Waals surface area contributed by atoms with Gasteiger partial charge in [0, 0.05) is 5.02 Å². The average Bonchev–Trinajstić information content (AvgIpc) is 3.01. The first-order valence-electron chi connectivity index (χ1n) is 8.04. The van der Waals surface area contributed by atoms with Crippen LogP contribution in [0.3, 0.4) is 0 Å². The molecule has 1 heterocycles. The van der Waals surface area contributed by atoms with Crippen molar-refractivity contribution in [2.45, 2.75) is 18.6 Å². The third-order valence-corrected chi connectivity index (χ3v) is 5.23. The molecule has 1 unspecified atom stereocenters. The number of rotatable bonds is 5. The minimum atomic E-state index is -0.216. The second kappa shape index (κ2) is 8.38. The molecule has 1 saturated heterocycles. The van der Waals surface area contributed by atoms with E-state index in [2.05, 4.69) is 15.5 Å². The number of halogens is 1. The standard InChI is InChI=1S/C19H18ClN3O2S/c1-12(14-5-9-16(25-2)10-6-14)22-23-19-21-18(24)17(26-19)11-13-3-7-15(20)8-4-13/h3-10,17H,11H2,1-2H3,(H,21,23,24)/b22-12-. The molecule has 0 saturated carbocycles. The molecule has 0 radical (unpaired) electrons. The molecule has 0 bridgehead atoms. The summed E-state index contributed by atoms with van der Waals surface area (Å²) in [4.78, 5) is 12.1. The molecule has 1 fully saturated rings. The van der Waals surface area contributed by atoms with Gasteiger partial charge in [0.1, 0.15) is 5.75 Å². The number of benzene rings is 2. The van der Waals surface area contributed by atoms with Crippen LogP contribution in [0.1, 0.15) is 18.1 Å². The molecular weight excluding hydrogens is 370 g/mol. The topological polar surface area (TPSA) is 63.1 Å². The molecule has 1 aliphatic rings. The van der Waals surface area contributed by atoms with Crippen molar-refractivity contribution >= 4 is 40.1 Å². The lowest BCUT2D eigenvalue weighted by molar-refractivity contribution is -0.118. The summed E-state index contributed by atoms with van der Waals surface area (Å²) in [5.74, 6) is 0.734.